The molecule has 0 fully saturated rings. The van der Waals surface area contributed by atoms with Crippen LogP contribution in [0, 0.1) is 0 Å². The summed E-state index contributed by atoms with van der Waals surface area (Å²) in [5.41, 5.74) is 1.97. The van der Waals surface area contributed by atoms with E-state index in [0.29, 0.717) is 0 Å². The van der Waals surface area contributed by atoms with Gasteiger partial charge in [0, 0.05) is 5.56 Å². The molecule has 0 amide bonds. The zero-order chi connectivity index (χ0) is 12.9. The summed E-state index contributed by atoms with van der Waals surface area (Å²) in [7, 11) is -1.55. The lowest BCUT2D eigenvalue weighted by atomic mass is 10.0. The lowest BCUT2D eigenvalue weighted by Gasteiger charge is -2.16. The fourth-order valence-corrected chi connectivity index (χ4v) is 3.90. The number of allylic oxidation sites excluding steroid dienone is 1. The number of carbonyl (C=O) groups excluding carboxylic acids is 1. The molecule has 0 spiro atoms. The van der Waals surface area contributed by atoms with E-state index in [-0.39, 0.29) is 5.78 Å². The Morgan fingerprint density at radius 3 is 2.17 bits per heavy atom. The molecule has 0 N–H and O–H groups in total. The topological polar surface area (TPSA) is 17.1 Å². The highest BCUT2D eigenvalue weighted by Gasteiger charge is 2.32. The summed E-state index contributed by atoms with van der Waals surface area (Å²) in [6.07, 6.45) is 2.11. The van der Waals surface area contributed by atoms with Crippen LogP contribution in [-0.4, -0.2) is 13.9 Å². The summed E-state index contributed by atoms with van der Waals surface area (Å²) in [6, 6.07) is 12.4. The number of hydrogen-bond donors (Lipinski definition) is 0. The van der Waals surface area contributed by atoms with Crippen LogP contribution in [0.2, 0.25) is 19.6 Å². The Bertz CT molecular complexity index is 690. The Labute approximate surface area is 108 Å². The second kappa shape index (κ2) is 3.66. The summed E-state index contributed by atoms with van der Waals surface area (Å²) in [5.74, 6) is 0.245. The van der Waals surface area contributed by atoms with Crippen molar-refractivity contribution in [1.29, 1.82) is 0 Å². The summed E-state index contributed by atoms with van der Waals surface area (Å²) < 4.78 is 0. The lowest BCUT2D eigenvalue weighted by Crippen LogP contribution is -2.27. The molecule has 0 saturated heterocycles. The molecular formula is C16H16OSi. The van der Waals surface area contributed by atoms with E-state index in [1.54, 1.807) is 0 Å². The first-order valence-corrected chi connectivity index (χ1v) is 9.76. The molecule has 90 valence electrons. The van der Waals surface area contributed by atoms with Crippen LogP contribution >= 0.6 is 0 Å². The quantitative estimate of drug-likeness (QED) is 0.692. The molecule has 1 nitrogen and oxygen atoms in total. The van der Waals surface area contributed by atoms with E-state index in [9.17, 15) is 4.79 Å². The van der Waals surface area contributed by atoms with Crippen molar-refractivity contribution >= 4 is 30.7 Å². The zero-order valence-corrected chi connectivity index (χ0v) is 11.9. The molecule has 3 rings (SSSR count). The summed E-state index contributed by atoms with van der Waals surface area (Å²) in [5, 5.41) is 3.40. The number of carbonyl (C=O) groups is 1. The van der Waals surface area contributed by atoms with Crippen LogP contribution in [0.1, 0.15) is 15.9 Å². The maximum absolute atomic E-state index is 12.5. The molecule has 2 heteroatoms. The SMILES string of the molecule is C[Si](C)(C)C1=Cc2cc3ccccc3cc2C1=O. The standard InChI is InChI=1S/C16H16OSi/c1-18(2,3)15-10-13-8-11-6-4-5-7-12(11)9-14(13)16(15)17/h4-10H,1-3H3. The molecule has 0 saturated carbocycles. The van der Waals surface area contributed by atoms with Gasteiger partial charge >= 0.3 is 0 Å². The van der Waals surface area contributed by atoms with Crippen molar-refractivity contribution < 1.29 is 4.79 Å². The van der Waals surface area contributed by atoms with E-state index >= 15 is 0 Å². The number of benzene rings is 2. The minimum Gasteiger partial charge on any atom is -0.289 e. The van der Waals surface area contributed by atoms with Gasteiger partial charge in [-0.3, -0.25) is 4.79 Å². The molecule has 0 heterocycles. The molecule has 1 aliphatic rings. The highest BCUT2D eigenvalue weighted by Crippen LogP contribution is 2.33. The highest BCUT2D eigenvalue weighted by molar-refractivity contribution is 6.89. The van der Waals surface area contributed by atoms with E-state index in [2.05, 4.69) is 43.9 Å². The average Bonchev–Trinajstić information content (AvgIpc) is 2.64. The number of rotatable bonds is 1. The largest absolute Gasteiger partial charge is 0.289 e. The molecule has 2 aromatic carbocycles. The van der Waals surface area contributed by atoms with Crippen LogP contribution in [0.3, 0.4) is 0 Å². The fraction of sp³-hybridized carbons (Fsp3) is 0.188. The molecule has 0 bridgehead atoms. The first-order valence-electron chi connectivity index (χ1n) is 6.26. The highest BCUT2D eigenvalue weighted by atomic mass is 28.3. The molecule has 2 aromatic rings. The van der Waals surface area contributed by atoms with Crippen molar-refractivity contribution in [3.8, 4) is 0 Å². The zero-order valence-electron chi connectivity index (χ0n) is 10.9. The Kier molecular flexibility index (Phi) is 2.32. The minimum atomic E-state index is -1.55. The van der Waals surface area contributed by atoms with Gasteiger partial charge in [-0.15, -0.1) is 0 Å². The van der Waals surface area contributed by atoms with Crippen LogP contribution in [0.15, 0.2) is 41.6 Å². The predicted octanol–water partition coefficient (Wildman–Crippen LogP) is 4.30. The Morgan fingerprint density at radius 2 is 1.56 bits per heavy atom. The van der Waals surface area contributed by atoms with Gasteiger partial charge in [-0.2, -0.15) is 0 Å². The fourth-order valence-electron chi connectivity index (χ4n) is 2.50. The van der Waals surface area contributed by atoms with Gasteiger partial charge in [0.2, 0.25) is 0 Å². The number of ketones is 1. The van der Waals surface area contributed by atoms with Crippen LogP contribution in [0.5, 0.6) is 0 Å². The molecule has 0 atom stereocenters. The Hall–Kier alpha value is -1.67. The monoisotopic (exact) mass is 252 g/mol. The average molecular weight is 252 g/mol. The maximum atomic E-state index is 12.5. The maximum Gasteiger partial charge on any atom is 0.185 e. The molecular weight excluding hydrogens is 236 g/mol. The number of Topliss-reactive ketones (excluding diaryl/α,β-unsaturated/α-hetero) is 1. The molecule has 0 radical (unpaired) electrons. The van der Waals surface area contributed by atoms with Crippen LogP contribution in [0.4, 0.5) is 0 Å². The normalized spacial score (nSPS) is 14.8. The van der Waals surface area contributed by atoms with Gasteiger partial charge in [0.05, 0.1) is 8.07 Å². The van der Waals surface area contributed by atoms with E-state index in [4.69, 9.17) is 0 Å². The predicted molar refractivity (Wildman–Crippen MR) is 79.6 cm³/mol. The third-order valence-corrected chi connectivity index (χ3v) is 5.50. The van der Waals surface area contributed by atoms with Gasteiger partial charge in [0.25, 0.3) is 0 Å². The van der Waals surface area contributed by atoms with E-state index < -0.39 is 8.07 Å². The summed E-state index contributed by atoms with van der Waals surface area (Å²) in [4.78, 5) is 12.5. The third kappa shape index (κ3) is 1.65. The second-order valence-corrected chi connectivity index (χ2v) is 11.0. The number of fused-ring (bicyclic) bond motifs is 2. The second-order valence-electron chi connectivity index (χ2n) is 5.92. The van der Waals surface area contributed by atoms with Crippen molar-refractivity contribution in [1.82, 2.24) is 0 Å². The smallest absolute Gasteiger partial charge is 0.185 e. The van der Waals surface area contributed by atoms with Crippen molar-refractivity contribution in [2.45, 2.75) is 19.6 Å². The Morgan fingerprint density at radius 1 is 0.944 bits per heavy atom. The van der Waals surface area contributed by atoms with Crippen molar-refractivity contribution in [3.05, 3.63) is 52.7 Å². The van der Waals surface area contributed by atoms with Crippen molar-refractivity contribution in [3.63, 3.8) is 0 Å². The minimum absolute atomic E-state index is 0.245. The molecule has 0 aromatic heterocycles. The van der Waals surface area contributed by atoms with Gasteiger partial charge < -0.3 is 0 Å². The van der Waals surface area contributed by atoms with Crippen LogP contribution in [0.25, 0.3) is 16.8 Å². The number of hydrogen-bond acceptors (Lipinski definition) is 1. The van der Waals surface area contributed by atoms with Gasteiger partial charge in [-0.1, -0.05) is 50.0 Å². The molecule has 0 unspecified atom stereocenters. The van der Waals surface area contributed by atoms with E-state index in [1.165, 1.54) is 5.39 Å². The first-order chi connectivity index (χ1) is 8.47. The van der Waals surface area contributed by atoms with Crippen LogP contribution in [-0.2, 0) is 0 Å². The van der Waals surface area contributed by atoms with Gasteiger partial charge in [0.15, 0.2) is 5.78 Å². The molecule has 18 heavy (non-hydrogen) atoms. The lowest BCUT2D eigenvalue weighted by molar-refractivity contribution is 0.104. The molecule has 0 aliphatic heterocycles. The van der Waals surface area contributed by atoms with Gasteiger partial charge in [-0.25, -0.2) is 0 Å². The third-order valence-electron chi connectivity index (χ3n) is 3.51. The van der Waals surface area contributed by atoms with E-state index in [0.717, 1.165) is 21.7 Å². The summed E-state index contributed by atoms with van der Waals surface area (Å²) >= 11 is 0. The van der Waals surface area contributed by atoms with Crippen molar-refractivity contribution in [2.24, 2.45) is 0 Å². The Balaban J connectivity index is 2.23. The van der Waals surface area contributed by atoms with Crippen molar-refractivity contribution in [2.75, 3.05) is 0 Å². The van der Waals surface area contributed by atoms with Gasteiger partial charge in [0.1, 0.15) is 0 Å². The molecule has 1 aliphatic carbocycles. The van der Waals surface area contributed by atoms with E-state index in [1.807, 2.05) is 18.2 Å². The van der Waals surface area contributed by atoms with Gasteiger partial charge in [-0.05, 0) is 33.7 Å². The van der Waals surface area contributed by atoms with Crippen LogP contribution < -0.4 is 0 Å². The first kappa shape index (κ1) is 11.4. The summed E-state index contributed by atoms with van der Waals surface area (Å²) in [6.45, 7) is 6.67.